The topological polar surface area (TPSA) is 56.1 Å². The average molecular weight is 270 g/mol. The second kappa shape index (κ2) is 5.75. The van der Waals surface area contributed by atoms with Crippen LogP contribution >= 0.6 is 11.3 Å². The lowest BCUT2D eigenvalue weighted by molar-refractivity contribution is -0.360. The van der Waals surface area contributed by atoms with Gasteiger partial charge >= 0.3 is 0 Å². The first-order valence-electron chi connectivity index (χ1n) is 4.89. The minimum atomic E-state index is 0. The Morgan fingerprint density at radius 3 is 2.76 bits per heavy atom. The first-order chi connectivity index (χ1) is 7.66. The van der Waals surface area contributed by atoms with E-state index in [9.17, 15) is 4.79 Å². The fourth-order valence-corrected chi connectivity index (χ4v) is 2.24. The molecular formula is C11H12ClN3OS. The summed E-state index contributed by atoms with van der Waals surface area (Å²) >= 11 is 1.37. The number of H-pyrrole nitrogens is 1. The maximum Gasteiger partial charge on any atom is 0.279 e. The molecule has 0 aliphatic carbocycles. The summed E-state index contributed by atoms with van der Waals surface area (Å²) in [6.07, 6.45) is 1.83. The van der Waals surface area contributed by atoms with Crippen LogP contribution in [0, 0.1) is 6.92 Å². The molecule has 0 bridgehead atoms. The summed E-state index contributed by atoms with van der Waals surface area (Å²) in [5.74, 6) is 0.909. The molecule has 0 radical (unpaired) electrons. The number of thiazole rings is 1. The van der Waals surface area contributed by atoms with Crippen molar-refractivity contribution >= 4 is 28.1 Å². The minimum Gasteiger partial charge on any atom is -1.00 e. The molecule has 0 spiro atoms. The van der Waals surface area contributed by atoms with Crippen molar-refractivity contribution in [1.29, 1.82) is 0 Å². The third kappa shape index (κ3) is 3.25. The van der Waals surface area contributed by atoms with E-state index in [1.807, 2.05) is 31.3 Å². The lowest BCUT2D eigenvalue weighted by Crippen LogP contribution is -3.00. The van der Waals surface area contributed by atoms with Crippen LogP contribution in [0.3, 0.4) is 0 Å². The van der Waals surface area contributed by atoms with E-state index in [0.717, 1.165) is 16.6 Å². The summed E-state index contributed by atoms with van der Waals surface area (Å²) in [5.41, 5.74) is 0.774. The number of Topliss-reactive ketones (excluding diaryl/α,β-unsaturated/α-hetero) is 1. The molecule has 0 fully saturated rings. The highest BCUT2D eigenvalue weighted by molar-refractivity contribution is 7.17. The molecule has 0 saturated carbocycles. The summed E-state index contributed by atoms with van der Waals surface area (Å²) in [7, 11) is 0. The second-order valence-corrected chi connectivity index (χ2v) is 4.39. The lowest BCUT2D eigenvalue weighted by atomic mass is 10.3. The van der Waals surface area contributed by atoms with Crippen molar-refractivity contribution in [2.24, 2.45) is 0 Å². The van der Waals surface area contributed by atoms with Gasteiger partial charge in [-0.1, -0.05) is 17.4 Å². The Bertz CT molecular complexity index is 513. The molecule has 0 amide bonds. The number of aromatic nitrogens is 2. The Morgan fingerprint density at radius 2 is 2.24 bits per heavy atom. The highest BCUT2D eigenvalue weighted by atomic mass is 35.5. The van der Waals surface area contributed by atoms with Crippen LogP contribution in [0.1, 0.15) is 22.3 Å². The van der Waals surface area contributed by atoms with E-state index in [2.05, 4.69) is 15.3 Å². The van der Waals surface area contributed by atoms with Crippen molar-refractivity contribution in [3.8, 4) is 0 Å². The van der Waals surface area contributed by atoms with Gasteiger partial charge in [0, 0.05) is 13.0 Å². The number of carbonyl (C=O) groups is 1. The number of ketones is 1. The molecule has 4 nitrogen and oxygen atoms in total. The zero-order chi connectivity index (χ0) is 11.5. The third-order valence-electron chi connectivity index (χ3n) is 2.07. The van der Waals surface area contributed by atoms with E-state index >= 15 is 0 Å². The van der Waals surface area contributed by atoms with E-state index in [4.69, 9.17) is 0 Å². The van der Waals surface area contributed by atoms with Gasteiger partial charge in [-0.05, 0) is 13.0 Å². The molecule has 0 atom stereocenters. The highest BCUT2D eigenvalue weighted by Crippen LogP contribution is 2.24. The number of rotatable bonds is 3. The van der Waals surface area contributed by atoms with Crippen LogP contribution in [0.15, 0.2) is 24.4 Å². The molecule has 2 rings (SSSR count). The van der Waals surface area contributed by atoms with Crippen LogP contribution in [-0.4, -0.2) is 10.8 Å². The molecule has 2 aromatic rings. The molecule has 90 valence electrons. The summed E-state index contributed by atoms with van der Waals surface area (Å²) in [6.45, 7) is 3.39. The number of carbonyl (C=O) groups excluding carboxylic acids is 1. The Kier molecular flexibility index (Phi) is 4.60. The maximum atomic E-state index is 11.3. The third-order valence-corrected chi connectivity index (χ3v) is 3.24. The number of nitrogens with zero attached hydrogens (tertiary/aromatic N) is 1. The standard InChI is InChI=1S/C11H11N3OS.ClH/c1-7-10(8(2)15)16-11(13-7)14-9-5-3-4-6-12-9;/h3-6H,1-2H3,(H,12,13,14);1H. The van der Waals surface area contributed by atoms with E-state index < -0.39 is 0 Å². The van der Waals surface area contributed by atoms with Gasteiger partial charge in [0.25, 0.3) is 10.9 Å². The van der Waals surface area contributed by atoms with Gasteiger partial charge in [-0.25, -0.2) is 15.3 Å². The first kappa shape index (κ1) is 13.6. The lowest BCUT2D eigenvalue weighted by Gasteiger charge is -1.91. The molecule has 2 aromatic heterocycles. The zero-order valence-corrected chi connectivity index (χ0v) is 11.0. The molecule has 0 aliphatic heterocycles. The van der Waals surface area contributed by atoms with Crippen molar-refractivity contribution in [1.82, 2.24) is 4.98 Å². The zero-order valence-electron chi connectivity index (χ0n) is 9.45. The van der Waals surface area contributed by atoms with Crippen LogP contribution < -0.4 is 22.7 Å². The highest BCUT2D eigenvalue weighted by Gasteiger charge is 2.14. The van der Waals surface area contributed by atoms with E-state index in [0.29, 0.717) is 4.88 Å². The molecule has 6 heteroatoms. The van der Waals surface area contributed by atoms with Gasteiger partial charge in [0.1, 0.15) is 0 Å². The van der Waals surface area contributed by atoms with Gasteiger partial charge < -0.3 is 12.4 Å². The van der Waals surface area contributed by atoms with Gasteiger partial charge in [-0.2, -0.15) is 0 Å². The van der Waals surface area contributed by atoms with Crippen LogP contribution in [0.4, 0.5) is 10.9 Å². The average Bonchev–Trinajstić information content (AvgIpc) is 2.61. The smallest absolute Gasteiger partial charge is 0.279 e. The molecule has 0 aliphatic rings. The minimum absolute atomic E-state index is 0. The van der Waals surface area contributed by atoms with Crippen molar-refractivity contribution in [2.45, 2.75) is 13.8 Å². The fraction of sp³-hybridized carbons (Fsp3) is 0.182. The van der Waals surface area contributed by atoms with E-state index in [1.165, 1.54) is 11.3 Å². The van der Waals surface area contributed by atoms with Crippen molar-refractivity contribution in [3.05, 3.63) is 35.0 Å². The van der Waals surface area contributed by atoms with Crippen molar-refractivity contribution in [2.75, 3.05) is 5.32 Å². The number of hydrogen-bond donors (Lipinski definition) is 1. The fourth-order valence-electron chi connectivity index (χ4n) is 1.36. The van der Waals surface area contributed by atoms with Crippen LogP contribution in [-0.2, 0) is 0 Å². The van der Waals surface area contributed by atoms with Gasteiger partial charge in [-0.15, -0.1) is 0 Å². The monoisotopic (exact) mass is 269 g/mol. The number of aryl methyl sites for hydroxylation is 1. The number of anilines is 2. The largest absolute Gasteiger partial charge is 1.00 e. The number of halogens is 1. The molecule has 2 N–H and O–H groups in total. The van der Waals surface area contributed by atoms with Crippen molar-refractivity contribution < 1.29 is 22.2 Å². The molecule has 0 aromatic carbocycles. The predicted molar refractivity (Wildman–Crippen MR) is 63.1 cm³/mol. The van der Waals surface area contributed by atoms with Crippen molar-refractivity contribution in [3.63, 3.8) is 0 Å². The summed E-state index contributed by atoms with van der Waals surface area (Å²) in [5, 5.41) is 3.85. The number of hydrogen-bond acceptors (Lipinski definition) is 4. The Morgan fingerprint density at radius 1 is 1.47 bits per heavy atom. The van der Waals surface area contributed by atoms with Crippen LogP contribution in [0.5, 0.6) is 0 Å². The molecule has 0 unspecified atom stereocenters. The summed E-state index contributed by atoms with van der Waals surface area (Å²) in [6, 6.07) is 5.73. The van der Waals surface area contributed by atoms with E-state index in [-0.39, 0.29) is 18.2 Å². The van der Waals surface area contributed by atoms with E-state index in [1.54, 1.807) is 6.92 Å². The summed E-state index contributed by atoms with van der Waals surface area (Å²) < 4.78 is 0. The Hall–Kier alpha value is -1.46. The number of aromatic amines is 1. The molecule has 17 heavy (non-hydrogen) atoms. The molecular weight excluding hydrogens is 258 g/mol. The quantitative estimate of drug-likeness (QED) is 0.744. The SMILES string of the molecule is CC(=O)c1sc(Nc2cccc[nH+]2)nc1C.[Cl-]. The van der Waals surface area contributed by atoms with Gasteiger partial charge in [0.05, 0.1) is 16.8 Å². The normalized spacial score (nSPS) is 9.53. The Labute approximate surface area is 110 Å². The van der Waals surface area contributed by atoms with Gasteiger partial charge in [-0.3, -0.25) is 4.79 Å². The predicted octanol–water partition coefficient (Wildman–Crippen LogP) is -0.784. The van der Waals surface area contributed by atoms with Gasteiger partial charge in [0.15, 0.2) is 5.78 Å². The molecule has 2 heterocycles. The van der Waals surface area contributed by atoms with Gasteiger partial charge in [0.2, 0.25) is 0 Å². The Balaban J connectivity index is 0.00000144. The van der Waals surface area contributed by atoms with Crippen LogP contribution in [0.25, 0.3) is 0 Å². The summed E-state index contributed by atoms with van der Waals surface area (Å²) in [4.78, 5) is 19.3. The number of pyridine rings is 1. The number of nitrogens with one attached hydrogen (secondary N) is 2. The second-order valence-electron chi connectivity index (χ2n) is 3.39. The first-order valence-corrected chi connectivity index (χ1v) is 5.70. The maximum absolute atomic E-state index is 11.3. The molecule has 0 saturated heterocycles. The van der Waals surface area contributed by atoms with Crippen LogP contribution in [0.2, 0.25) is 0 Å².